The first-order valence-corrected chi connectivity index (χ1v) is 9.18. The van der Waals surface area contributed by atoms with Gasteiger partial charge in [-0.25, -0.2) is 0 Å². The zero-order chi connectivity index (χ0) is 19.6. The smallest absolute Gasteiger partial charge is 0.135 e. The zero-order valence-electron chi connectivity index (χ0n) is 16.2. The fourth-order valence-corrected chi connectivity index (χ4v) is 2.89. The first-order valence-electron chi connectivity index (χ1n) is 9.18. The summed E-state index contributed by atoms with van der Waals surface area (Å²) >= 11 is 0. The molecule has 0 aliphatic heterocycles. The number of amidine groups is 2. The van der Waals surface area contributed by atoms with Crippen LogP contribution in [-0.2, 0) is 0 Å². The third kappa shape index (κ3) is 4.37. The van der Waals surface area contributed by atoms with Gasteiger partial charge >= 0.3 is 0 Å². The van der Waals surface area contributed by atoms with E-state index in [1.807, 2.05) is 76.2 Å². The average molecular weight is 362 g/mol. The topological polar surface area (TPSA) is 84.9 Å². The van der Waals surface area contributed by atoms with Gasteiger partial charge in [-0.2, -0.15) is 0 Å². The molecular formula is C22H26N4O. The lowest BCUT2D eigenvalue weighted by Gasteiger charge is -2.11. The quantitative estimate of drug-likeness (QED) is 0.390. The van der Waals surface area contributed by atoms with Gasteiger partial charge in [0.25, 0.3) is 0 Å². The number of nitrogens with one attached hydrogen (secondary N) is 4. The van der Waals surface area contributed by atoms with Crippen LogP contribution >= 0.6 is 0 Å². The summed E-state index contributed by atoms with van der Waals surface area (Å²) in [6.45, 7) is 8.07. The zero-order valence-corrected chi connectivity index (χ0v) is 16.2. The van der Waals surface area contributed by atoms with Crippen LogP contribution < -0.4 is 10.6 Å². The number of fused-ring (bicyclic) bond motifs is 1. The average Bonchev–Trinajstić information content (AvgIpc) is 3.04. The van der Waals surface area contributed by atoms with E-state index < -0.39 is 0 Å². The summed E-state index contributed by atoms with van der Waals surface area (Å²) in [6, 6.07) is 16.0. The molecule has 0 saturated heterocycles. The summed E-state index contributed by atoms with van der Waals surface area (Å²) in [5.41, 5.74) is 3.44. The van der Waals surface area contributed by atoms with Crippen molar-refractivity contribution in [3.8, 4) is 11.3 Å². The second-order valence-electron chi connectivity index (χ2n) is 7.29. The molecule has 0 radical (unpaired) electrons. The number of rotatable bonds is 5. The molecule has 2 aromatic carbocycles. The van der Waals surface area contributed by atoms with Gasteiger partial charge < -0.3 is 15.1 Å². The molecule has 5 heteroatoms. The van der Waals surface area contributed by atoms with Gasteiger partial charge in [0.2, 0.25) is 0 Å². The number of furan rings is 1. The third-order valence-corrected chi connectivity index (χ3v) is 4.13. The summed E-state index contributed by atoms with van der Waals surface area (Å²) in [7, 11) is 0. The van der Waals surface area contributed by atoms with Crippen LogP contribution in [0.4, 0.5) is 0 Å². The molecule has 3 aromatic rings. The summed E-state index contributed by atoms with van der Waals surface area (Å²) in [5, 5.41) is 23.4. The van der Waals surface area contributed by atoms with Gasteiger partial charge in [-0.15, -0.1) is 0 Å². The number of hydrogen-bond acceptors (Lipinski definition) is 3. The molecule has 0 atom stereocenters. The maximum atomic E-state index is 8.15. The lowest BCUT2D eigenvalue weighted by Crippen LogP contribution is -2.30. The van der Waals surface area contributed by atoms with Crippen LogP contribution in [0, 0.1) is 10.8 Å². The Bertz CT molecular complexity index is 968. The molecule has 140 valence electrons. The predicted octanol–water partition coefficient (Wildman–Crippen LogP) is 4.75. The molecule has 0 amide bonds. The van der Waals surface area contributed by atoms with Crippen molar-refractivity contribution in [1.82, 2.24) is 10.6 Å². The Morgan fingerprint density at radius 3 is 1.93 bits per heavy atom. The lowest BCUT2D eigenvalue weighted by molar-refractivity contribution is 0.631. The molecule has 0 spiro atoms. The fraction of sp³-hybridized carbons (Fsp3) is 0.273. The Hall–Kier alpha value is -3.08. The summed E-state index contributed by atoms with van der Waals surface area (Å²) in [6.07, 6.45) is 0. The highest BCUT2D eigenvalue weighted by Crippen LogP contribution is 2.28. The van der Waals surface area contributed by atoms with Crippen molar-refractivity contribution in [1.29, 1.82) is 10.8 Å². The Kier molecular flexibility index (Phi) is 5.31. The fourth-order valence-electron chi connectivity index (χ4n) is 2.89. The van der Waals surface area contributed by atoms with E-state index in [-0.39, 0.29) is 12.1 Å². The first kappa shape index (κ1) is 18.7. The van der Waals surface area contributed by atoms with E-state index >= 15 is 0 Å². The van der Waals surface area contributed by atoms with E-state index in [9.17, 15) is 0 Å². The first-order chi connectivity index (χ1) is 12.8. The second kappa shape index (κ2) is 7.66. The van der Waals surface area contributed by atoms with E-state index in [4.69, 9.17) is 15.2 Å². The molecule has 1 aromatic heterocycles. The molecular weight excluding hydrogens is 336 g/mol. The third-order valence-electron chi connectivity index (χ3n) is 4.13. The van der Waals surface area contributed by atoms with Gasteiger partial charge in [0, 0.05) is 34.2 Å². The van der Waals surface area contributed by atoms with E-state index in [2.05, 4.69) is 10.6 Å². The minimum atomic E-state index is 0.218. The van der Waals surface area contributed by atoms with Crippen molar-refractivity contribution in [2.24, 2.45) is 0 Å². The minimum Gasteiger partial charge on any atom is -0.456 e. The van der Waals surface area contributed by atoms with Crippen LogP contribution in [0.3, 0.4) is 0 Å². The monoisotopic (exact) mass is 362 g/mol. The van der Waals surface area contributed by atoms with E-state index in [0.29, 0.717) is 11.7 Å². The van der Waals surface area contributed by atoms with Gasteiger partial charge in [0.15, 0.2) is 0 Å². The van der Waals surface area contributed by atoms with E-state index in [1.165, 1.54) is 0 Å². The minimum absolute atomic E-state index is 0.218. The SMILES string of the molecule is CC(C)NC(=N)c1ccc(-c2cc3cc(C(=N)NC(C)C)ccc3o2)cc1. The Labute approximate surface area is 159 Å². The highest BCUT2D eigenvalue weighted by molar-refractivity contribution is 6.00. The van der Waals surface area contributed by atoms with Crippen LogP contribution in [0.5, 0.6) is 0 Å². The van der Waals surface area contributed by atoms with E-state index in [1.54, 1.807) is 0 Å². The summed E-state index contributed by atoms with van der Waals surface area (Å²) in [4.78, 5) is 0. The lowest BCUT2D eigenvalue weighted by atomic mass is 10.1. The van der Waals surface area contributed by atoms with Crippen LogP contribution in [0.15, 0.2) is 52.9 Å². The van der Waals surface area contributed by atoms with Gasteiger partial charge in [-0.1, -0.05) is 24.3 Å². The maximum Gasteiger partial charge on any atom is 0.135 e. The molecule has 0 aliphatic carbocycles. The summed E-state index contributed by atoms with van der Waals surface area (Å²) in [5.74, 6) is 1.61. The van der Waals surface area contributed by atoms with Crippen LogP contribution in [-0.4, -0.2) is 23.8 Å². The van der Waals surface area contributed by atoms with Crippen molar-refractivity contribution >= 4 is 22.6 Å². The van der Waals surface area contributed by atoms with Crippen molar-refractivity contribution in [3.63, 3.8) is 0 Å². The molecule has 4 N–H and O–H groups in total. The van der Waals surface area contributed by atoms with E-state index in [0.717, 1.165) is 33.4 Å². The molecule has 1 heterocycles. The van der Waals surface area contributed by atoms with Gasteiger partial charge in [-0.05, 0) is 52.0 Å². The second-order valence-corrected chi connectivity index (χ2v) is 7.29. The summed E-state index contributed by atoms with van der Waals surface area (Å²) < 4.78 is 5.97. The van der Waals surface area contributed by atoms with Gasteiger partial charge in [-0.3, -0.25) is 10.8 Å². The Morgan fingerprint density at radius 2 is 1.33 bits per heavy atom. The molecule has 0 aliphatic rings. The number of benzene rings is 2. The van der Waals surface area contributed by atoms with Crippen molar-refractivity contribution in [2.45, 2.75) is 39.8 Å². The van der Waals surface area contributed by atoms with Crippen molar-refractivity contribution in [2.75, 3.05) is 0 Å². The molecule has 0 unspecified atom stereocenters. The van der Waals surface area contributed by atoms with Crippen molar-refractivity contribution in [3.05, 3.63) is 59.7 Å². The maximum absolute atomic E-state index is 8.15. The standard InChI is InChI=1S/C22H26N4O/c1-13(2)25-21(23)16-7-5-15(6-8-16)20-12-18-11-17(9-10-19(18)27-20)22(24)26-14(3)4/h5-14H,1-4H3,(H2,23,25)(H2,24,26). The Balaban J connectivity index is 1.84. The van der Waals surface area contributed by atoms with Crippen LogP contribution in [0.25, 0.3) is 22.3 Å². The molecule has 0 bridgehead atoms. The van der Waals surface area contributed by atoms with Gasteiger partial charge in [0.1, 0.15) is 23.0 Å². The van der Waals surface area contributed by atoms with Gasteiger partial charge in [0.05, 0.1) is 0 Å². The van der Waals surface area contributed by atoms with Crippen LogP contribution in [0.1, 0.15) is 38.8 Å². The highest BCUT2D eigenvalue weighted by Gasteiger charge is 2.10. The number of hydrogen-bond donors (Lipinski definition) is 4. The largest absolute Gasteiger partial charge is 0.456 e. The molecule has 0 saturated carbocycles. The highest BCUT2D eigenvalue weighted by atomic mass is 16.3. The Morgan fingerprint density at radius 1 is 0.778 bits per heavy atom. The predicted molar refractivity (Wildman–Crippen MR) is 112 cm³/mol. The molecule has 0 fully saturated rings. The normalized spacial score (nSPS) is 11.2. The van der Waals surface area contributed by atoms with Crippen LogP contribution in [0.2, 0.25) is 0 Å². The molecule has 27 heavy (non-hydrogen) atoms. The molecule has 5 nitrogen and oxygen atoms in total. The molecule has 3 rings (SSSR count). The van der Waals surface area contributed by atoms with Crippen molar-refractivity contribution < 1.29 is 4.42 Å².